The first-order valence-corrected chi connectivity index (χ1v) is 5.61. The minimum atomic E-state index is -0.112. The topological polar surface area (TPSA) is 9.23 Å². The Morgan fingerprint density at radius 2 is 2.53 bits per heavy atom. The van der Waals surface area contributed by atoms with E-state index in [0.29, 0.717) is 6.61 Å². The number of hydrogen-bond acceptors (Lipinski definition) is 1. The highest BCUT2D eigenvalue weighted by molar-refractivity contribution is 5.18. The van der Waals surface area contributed by atoms with Gasteiger partial charge in [0.05, 0.1) is 12.2 Å². The summed E-state index contributed by atoms with van der Waals surface area (Å²) in [6, 6.07) is 0. The van der Waals surface area contributed by atoms with Gasteiger partial charge >= 0.3 is 0 Å². The quantitative estimate of drug-likeness (QED) is 0.492. The second kappa shape index (κ2) is 5.78. The van der Waals surface area contributed by atoms with Gasteiger partial charge in [-0.05, 0) is 38.2 Å². The van der Waals surface area contributed by atoms with Gasteiger partial charge in [0.1, 0.15) is 0 Å². The summed E-state index contributed by atoms with van der Waals surface area (Å²) in [7, 11) is 0. The van der Waals surface area contributed by atoms with Gasteiger partial charge in [-0.15, -0.1) is 18.9 Å². The molecule has 0 saturated heterocycles. The van der Waals surface area contributed by atoms with Gasteiger partial charge in [-0.1, -0.05) is 12.2 Å². The van der Waals surface area contributed by atoms with Gasteiger partial charge in [-0.2, -0.15) is 0 Å². The third-order valence-electron chi connectivity index (χ3n) is 3.10. The summed E-state index contributed by atoms with van der Waals surface area (Å²) >= 11 is 0. The monoisotopic (exact) mass is 204 g/mol. The van der Waals surface area contributed by atoms with E-state index in [0.717, 1.165) is 19.3 Å². The van der Waals surface area contributed by atoms with Crippen molar-refractivity contribution in [2.45, 2.75) is 44.6 Å². The molecule has 1 rings (SSSR count). The van der Waals surface area contributed by atoms with Crippen molar-refractivity contribution in [3.63, 3.8) is 0 Å². The zero-order valence-corrected chi connectivity index (χ0v) is 9.59. The molecule has 0 aromatic rings. The lowest BCUT2D eigenvalue weighted by Crippen LogP contribution is -2.36. The average Bonchev–Trinajstić information content (AvgIpc) is 2.27. The number of ether oxygens (including phenoxy) is 1. The van der Waals surface area contributed by atoms with Crippen LogP contribution in [0.5, 0.6) is 0 Å². The summed E-state index contributed by atoms with van der Waals surface area (Å²) in [6.45, 7) is 6.46. The Morgan fingerprint density at radius 1 is 1.73 bits per heavy atom. The predicted molar refractivity (Wildman–Crippen MR) is 64.6 cm³/mol. The smallest absolute Gasteiger partial charge is 0.0902 e. The van der Waals surface area contributed by atoms with Gasteiger partial charge in [0.15, 0.2) is 0 Å². The van der Waals surface area contributed by atoms with Gasteiger partial charge in [-0.25, -0.2) is 0 Å². The van der Waals surface area contributed by atoms with Crippen LogP contribution >= 0.6 is 0 Å². The first-order chi connectivity index (χ1) is 7.25. The fourth-order valence-corrected chi connectivity index (χ4v) is 2.16. The summed E-state index contributed by atoms with van der Waals surface area (Å²) < 4.78 is 5.95. The van der Waals surface area contributed by atoms with Crippen LogP contribution in [-0.4, -0.2) is 12.2 Å². The molecule has 0 fully saturated rings. The minimum absolute atomic E-state index is 0.112. The van der Waals surface area contributed by atoms with Crippen molar-refractivity contribution >= 4 is 0 Å². The molecule has 0 heterocycles. The predicted octanol–water partition coefficient (Wildman–Crippen LogP) is 3.47. The summed E-state index contributed by atoms with van der Waals surface area (Å²) in [4.78, 5) is 0. The molecule has 1 unspecified atom stereocenters. The Kier molecular flexibility index (Phi) is 4.65. The Labute approximate surface area is 93.2 Å². The van der Waals surface area contributed by atoms with E-state index in [-0.39, 0.29) is 5.60 Å². The van der Waals surface area contributed by atoms with Crippen molar-refractivity contribution < 1.29 is 4.74 Å². The molecular weight excluding hydrogens is 184 g/mol. The molecule has 0 N–H and O–H groups in total. The van der Waals surface area contributed by atoms with E-state index in [1.165, 1.54) is 18.4 Å². The molecule has 1 heteroatoms. The van der Waals surface area contributed by atoms with Crippen LogP contribution in [-0.2, 0) is 4.74 Å². The van der Waals surface area contributed by atoms with Crippen LogP contribution < -0.4 is 0 Å². The highest BCUT2D eigenvalue weighted by Crippen LogP contribution is 2.36. The maximum absolute atomic E-state index is 5.95. The van der Waals surface area contributed by atoms with Gasteiger partial charge < -0.3 is 4.74 Å². The molecule has 0 bridgehead atoms. The minimum Gasteiger partial charge on any atom is -0.367 e. The highest BCUT2D eigenvalue weighted by Gasteiger charge is 2.33. The highest BCUT2D eigenvalue weighted by atomic mass is 16.5. The standard InChI is InChI=1S/C14H20O/c1-4-6-10-14(15-12-5-2)11-8-7-9-13(14)3/h1,5,9H,2,6-8,10-12H2,3H3. The van der Waals surface area contributed by atoms with Gasteiger partial charge in [0, 0.05) is 6.42 Å². The average molecular weight is 204 g/mol. The molecule has 0 aromatic heterocycles. The summed E-state index contributed by atoms with van der Waals surface area (Å²) in [6.07, 6.45) is 14.6. The first-order valence-electron chi connectivity index (χ1n) is 5.61. The second-order valence-electron chi connectivity index (χ2n) is 4.08. The molecule has 1 atom stereocenters. The van der Waals surface area contributed by atoms with E-state index in [1.54, 1.807) is 6.08 Å². The number of hydrogen-bond donors (Lipinski definition) is 0. The number of allylic oxidation sites excluding steroid dienone is 1. The molecule has 82 valence electrons. The number of rotatable bonds is 5. The molecule has 15 heavy (non-hydrogen) atoms. The van der Waals surface area contributed by atoms with Gasteiger partial charge in [-0.3, -0.25) is 0 Å². The van der Waals surface area contributed by atoms with E-state index < -0.39 is 0 Å². The van der Waals surface area contributed by atoms with Gasteiger partial charge in [0.25, 0.3) is 0 Å². The van der Waals surface area contributed by atoms with Crippen molar-refractivity contribution in [3.05, 3.63) is 24.3 Å². The maximum Gasteiger partial charge on any atom is 0.0902 e. The lowest BCUT2D eigenvalue weighted by atomic mass is 9.80. The Morgan fingerprint density at radius 3 is 3.13 bits per heavy atom. The van der Waals surface area contributed by atoms with Gasteiger partial charge in [0.2, 0.25) is 0 Å². The van der Waals surface area contributed by atoms with Crippen molar-refractivity contribution in [3.8, 4) is 12.3 Å². The molecular formula is C14H20O. The van der Waals surface area contributed by atoms with Crippen molar-refractivity contribution in [2.24, 2.45) is 0 Å². The fourth-order valence-electron chi connectivity index (χ4n) is 2.16. The Balaban J connectivity index is 2.74. The Bertz CT molecular complexity index is 282. The van der Waals surface area contributed by atoms with E-state index in [9.17, 15) is 0 Å². The largest absolute Gasteiger partial charge is 0.367 e. The van der Waals surface area contributed by atoms with Crippen LogP contribution in [0.4, 0.5) is 0 Å². The van der Waals surface area contributed by atoms with E-state index >= 15 is 0 Å². The van der Waals surface area contributed by atoms with E-state index in [4.69, 9.17) is 11.2 Å². The summed E-state index contributed by atoms with van der Waals surface area (Å²) in [5, 5.41) is 0. The molecule has 1 nitrogen and oxygen atoms in total. The van der Waals surface area contributed by atoms with Crippen LogP contribution in [0.25, 0.3) is 0 Å². The molecule has 1 aliphatic carbocycles. The van der Waals surface area contributed by atoms with E-state index in [1.807, 2.05) is 0 Å². The maximum atomic E-state index is 5.95. The van der Waals surface area contributed by atoms with Crippen molar-refractivity contribution in [1.82, 2.24) is 0 Å². The summed E-state index contributed by atoms with van der Waals surface area (Å²) in [5.41, 5.74) is 1.23. The third-order valence-corrected chi connectivity index (χ3v) is 3.10. The molecule has 0 aliphatic heterocycles. The molecule has 1 aliphatic rings. The molecule has 0 amide bonds. The normalized spacial score (nSPS) is 25.5. The zero-order chi connectivity index (χ0) is 11.1. The third kappa shape index (κ3) is 2.97. The van der Waals surface area contributed by atoms with Crippen molar-refractivity contribution in [1.29, 1.82) is 0 Å². The lowest BCUT2D eigenvalue weighted by molar-refractivity contribution is -0.0179. The van der Waals surface area contributed by atoms with Crippen LogP contribution in [0.2, 0.25) is 0 Å². The Hall–Kier alpha value is -1.00. The fraction of sp³-hybridized carbons (Fsp3) is 0.571. The second-order valence-corrected chi connectivity index (χ2v) is 4.08. The van der Waals surface area contributed by atoms with Crippen LogP contribution in [0, 0.1) is 12.3 Å². The SMILES string of the molecule is C#CCCC1(OCC=C)CCCC=C1C. The molecule has 0 radical (unpaired) electrons. The van der Waals surface area contributed by atoms with Crippen LogP contribution in [0.15, 0.2) is 24.3 Å². The van der Waals surface area contributed by atoms with Crippen molar-refractivity contribution in [2.75, 3.05) is 6.61 Å². The van der Waals surface area contributed by atoms with Crippen LogP contribution in [0.3, 0.4) is 0 Å². The molecule has 0 spiro atoms. The first kappa shape index (κ1) is 12.1. The zero-order valence-electron chi connectivity index (χ0n) is 9.59. The number of terminal acetylenes is 1. The molecule has 0 aromatic carbocycles. The lowest BCUT2D eigenvalue weighted by Gasteiger charge is -2.37. The van der Waals surface area contributed by atoms with E-state index in [2.05, 4.69) is 25.5 Å². The molecule has 0 saturated carbocycles. The van der Waals surface area contributed by atoms with Crippen LogP contribution in [0.1, 0.15) is 39.0 Å². The summed E-state index contributed by atoms with van der Waals surface area (Å²) in [5.74, 6) is 2.70.